The Morgan fingerprint density at radius 3 is 2.33 bits per heavy atom. The first-order chi connectivity index (χ1) is 7.22. The van der Waals surface area contributed by atoms with Crippen molar-refractivity contribution in [3.63, 3.8) is 0 Å². The van der Waals surface area contributed by atoms with Gasteiger partial charge in [0.1, 0.15) is 0 Å². The maximum atomic E-state index is 5.45. The molecule has 15 heavy (non-hydrogen) atoms. The normalized spacial score (nSPS) is 31.2. The van der Waals surface area contributed by atoms with Gasteiger partial charge in [0.25, 0.3) is 0 Å². The highest BCUT2D eigenvalue weighted by Crippen LogP contribution is 2.32. The fourth-order valence-electron chi connectivity index (χ4n) is 2.80. The monoisotopic (exact) mass is 208 g/mol. The largest absolute Gasteiger partial charge is 0.408 e. The minimum Gasteiger partial charge on any atom is -0.408 e. The molecular formula is C10H16N4O. The quantitative estimate of drug-likeness (QED) is 0.667. The molecule has 2 unspecified atom stereocenters. The topological polar surface area (TPSA) is 45.4 Å². The van der Waals surface area contributed by atoms with E-state index >= 15 is 0 Å². The molecule has 2 atom stereocenters. The lowest BCUT2D eigenvalue weighted by atomic mass is 10.0. The van der Waals surface area contributed by atoms with Gasteiger partial charge in [0, 0.05) is 33.1 Å². The molecule has 2 saturated heterocycles. The van der Waals surface area contributed by atoms with Gasteiger partial charge in [-0.05, 0) is 18.9 Å². The Kier molecular flexibility index (Phi) is 1.95. The molecule has 5 nitrogen and oxygen atoms in total. The van der Waals surface area contributed by atoms with Crippen molar-refractivity contribution in [2.24, 2.45) is 11.8 Å². The van der Waals surface area contributed by atoms with E-state index in [1.54, 1.807) is 0 Å². The number of rotatable bonds is 1. The summed E-state index contributed by atoms with van der Waals surface area (Å²) in [5.74, 6) is 2.21. The minimum absolute atomic E-state index is 0.652. The van der Waals surface area contributed by atoms with Gasteiger partial charge in [-0.2, -0.15) is 0 Å². The van der Waals surface area contributed by atoms with Gasteiger partial charge in [0.2, 0.25) is 5.89 Å². The van der Waals surface area contributed by atoms with Crippen LogP contribution in [0.1, 0.15) is 5.89 Å². The fraction of sp³-hybridized carbons (Fsp3) is 0.800. The van der Waals surface area contributed by atoms with E-state index in [1.165, 1.54) is 13.1 Å². The minimum atomic E-state index is 0.652. The number of hydrogen-bond donors (Lipinski definition) is 0. The molecule has 5 heteroatoms. The van der Waals surface area contributed by atoms with Crippen molar-refractivity contribution in [1.82, 2.24) is 15.1 Å². The van der Waals surface area contributed by atoms with Crippen molar-refractivity contribution in [2.45, 2.75) is 6.92 Å². The number of aromatic nitrogens is 2. The second-order valence-corrected chi connectivity index (χ2v) is 4.75. The molecule has 2 aliphatic rings. The van der Waals surface area contributed by atoms with Gasteiger partial charge in [0.05, 0.1) is 0 Å². The molecule has 0 amide bonds. The van der Waals surface area contributed by atoms with Crippen molar-refractivity contribution >= 4 is 6.01 Å². The van der Waals surface area contributed by atoms with E-state index in [0.717, 1.165) is 24.9 Å². The summed E-state index contributed by atoms with van der Waals surface area (Å²) in [6.45, 7) is 6.37. The fourth-order valence-corrected chi connectivity index (χ4v) is 2.80. The summed E-state index contributed by atoms with van der Waals surface area (Å²) in [7, 11) is 2.19. The zero-order valence-electron chi connectivity index (χ0n) is 9.18. The number of hydrogen-bond acceptors (Lipinski definition) is 5. The predicted molar refractivity (Wildman–Crippen MR) is 55.7 cm³/mol. The Morgan fingerprint density at radius 2 is 1.80 bits per heavy atom. The van der Waals surface area contributed by atoms with Crippen LogP contribution in [-0.2, 0) is 0 Å². The van der Waals surface area contributed by atoms with Crippen molar-refractivity contribution in [3.8, 4) is 0 Å². The molecule has 1 aromatic heterocycles. The van der Waals surface area contributed by atoms with Crippen molar-refractivity contribution in [2.75, 3.05) is 38.1 Å². The highest BCUT2D eigenvalue weighted by atomic mass is 16.4. The third-order valence-electron chi connectivity index (χ3n) is 3.45. The molecule has 2 fully saturated rings. The lowest BCUT2D eigenvalue weighted by Crippen LogP contribution is -2.26. The highest BCUT2D eigenvalue weighted by Gasteiger charge is 2.40. The highest BCUT2D eigenvalue weighted by molar-refractivity contribution is 5.28. The van der Waals surface area contributed by atoms with Crippen LogP contribution in [0.25, 0.3) is 0 Å². The van der Waals surface area contributed by atoms with Crippen LogP contribution in [0.5, 0.6) is 0 Å². The average molecular weight is 208 g/mol. The zero-order chi connectivity index (χ0) is 10.4. The van der Waals surface area contributed by atoms with E-state index in [9.17, 15) is 0 Å². The molecule has 1 aromatic rings. The van der Waals surface area contributed by atoms with Gasteiger partial charge in [-0.3, -0.25) is 0 Å². The van der Waals surface area contributed by atoms with E-state index in [2.05, 4.69) is 27.0 Å². The summed E-state index contributed by atoms with van der Waals surface area (Å²) in [4.78, 5) is 4.63. The maximum Gasteiger partial charge on any atom is 0.318 e. The maximum absolute atomic E-state index is 5.45. The summed E-state index contributed by atoms with van der Waals surface area (Å²) in [6, 6.07) is 0.699. The molecule has 3 heterocycles. The van der Waals surface area contributed by atoms with Gasteiger partial charge in [-0.1, -0.05) is 5.10 Å². The smallest absolute Gasteiger partial charge is 0.318 e. The van der Waals surface area contributed by atoms with Gasteiger partial charge >= 0.3 is 6.01 Å². The third kappa shape index (κ3) is 1.51. The Hall–Kier alpha value is -1.10. The van der Waals surface area contributed by atoms with Crippen molar-refractivity contribution in [3.05, 3.63) is 5.89 Å². The number of nitrogens with zero attached hydrogens (tertiary/aromatic N) is 4. The van der Waals surface area contributed by atoms with Crippen LogP contribution < -0.4 is 4.90 Å². The molecular weight excluding hydrogens is 192 g/mol. The summed E-state index contributed by atoms with van der Waals surface area (Å²) < 4.78 is 5.45. The molecule has 2 aliphatic heterocycles. The number of fused-ring (bicyclic) bond motifs is 1. The third-order valence-corrected chi connectivity index (χ3v) is 3.45. The van der Waals surface area contributed by atoms with Crippen LogP contribution in [0.15, 0.2) is 4.42 Å². The number of aryl methyl sites for hydroxylation is 1. The first-order valence-corrected chi connectivity index (χ1v) is 5.46. The van der Waals surface area contributed by atoms with Crippen molar-refractivity contribution in [1.29, 1.82) is 0 Å². The lowest BCUT2D eigenvalue weighted by molar-refractivity contribution is 0.383. The Balaban J connectivity index is 1.73. The molecule has 0 radical (unpaired) electrons. The molecule has 3 rings (SSSR count). The standard InChI is InChI=1S/C10H16N4O/c1-7-11-12-10(15-7)14-5-8-3-13(2)4-9(8)6-14/h8-9H,3-6H2,1-2H3. The van der Waals surface area contributed by atoms with Gasteiger partial charge in [-0.25, -0.2) is 0 Å². The van der Waals surface area contributed by atoms with Crippen LogP contribution in [0, 0.1) is 18.8 Å². The van der Waals surface area contributed by atoms with E-state index in [-0.39, 0.29) is 0 Å². The molecule has 0 bridgehead atoms. The van der Waals surface area contributed by atoms with Crippen LogP contribution in [0.3, 0.4) is 0 Å². The van der Waals surface area contributed by atoms with Gasteiger partial charge in [0.15, 0.2) is 0 Å². The molecule has 0 N–H and O–H groups in total. The number of anilines is 1. The number of likely N-dealkylation sites (tertiary alicyclic amines) is 1. The summed E-state index contributed by atoms with van der Waals surface area (Å²) >= 11 is 0. The zero-order valence-corrected chi connectivity index (χ0v) is 9.18. The van der Waals surface area contributed by atoms with E-state index in [1.807, 2.05) is 6.92 Å². The first kappa shape index (κ1) is 9.15. The SMILES string of the molecule is Cc1nnc(N2CC3CN(C)CC3C2)o1. The first-order valence-electron chi connectivity index (χ1n) is 5.46. The Morgan fingerprint density at radius 1 is 1.13 bits per heavy atom. The van der Waals surface area contributed by atoms with E-state index in [4.69, 9.17) is 4.42 Å². The summed E-state index contributed by atoms with van der Waals surface area (Å²) in [5, 5.41) is 7.94. The summed E-state index contributed by atoms with van der Waals surface area (Å²) in [5.41, 5.74) is 0. The van der Waals surface area contributed by atoms with Crippen LogP contribution >= 0.6 is 0 Å². The van der Waals surface area contributed by atoms with E-state index < -0.39 is 0 Å². The van der Waals surface area contributed by atoms with Crippen LogP contribution in [0.2, 0.25) is 0 Å². The van der Waals surface area contributed by atoms with Crippen molar-refractivity contribution < 1.29 is 4.42 Å². The van der Waals surface area contributed by atoms with Crippen LogP contribution in [0.4, 0.5) is 6.01 Å². The van der Waals surface area contributed by atoms with Gasteiger partial charge in [-0.15, -0.1) is 5.10 Å². The molecule has 82 valence electrons. The Labute approximate surface area is 89.1 Å². The molecule has 0 saturated carbocycles. The molecule has 0 aromatic carbocycles. The van der Waals surface area contributed by atoms with Crippen LogP contribution in [-0.4, -0.2) is 48.3 Å². The second kappa shape index (κ2) is 3.20. The lowest BCUT2D eigenvalue weighted by Gasteiger charge is -2.16. The predicted octanol–water partition coefficient (Wildman–Crippen LogP) is 0.376. The second-order valence-electron chi connectivity index (χ2n) is 4.75. The molecule has 0 aliphatic carbocycles. The summed E-state index contributed by atoms with van der Waals surface area (Å²) in [6.07, 6.45) is 0. The van der Waals surface area contributed by atoms with Gasteiger partial charge < -0.3 is 14.2 Å². The van der Waals surface area contributed by atoms with E-state index in [0.29, 0.717) is 11.9 Å². The average Bonchev–Trinajstić information content (AvgIpc) is 2.78. The molecule has 0 spiro atoms. The Bertz CT molecular complexity index is 350.